The molecule has 6 nitrogen and oxygen atoms in total. The monoisotopic (exact) mass is 483 g/mol. The van der Waals surface area contributed by atoms with E-state index in [-0.39, 0.29) is 5.91 Å². The van der Waals surface area contributed by atoms with Crippen LogP contribution in [0.15, 0.2) is 60.9 Å². The van der Waals surface area contributed by atoms with Crippen LogP contribution in [-0.4, -0.2) is 44.8 Å². The lowest BCUT2D eigenvalue weighted by Gasteiger charge is -2.28. The predicted molar refractivity (Wildman–Crippen MR) is 127 cm³/mol. The molecule has 0 atom stereocenters. The maximum atomic E-state index is 13.4. The van der Waals surface area contributed by atoms with Gasteiger partial charge in [-0.05, 0) is 31.0 Å². The predicted octanol–water partition coefficient (Wildman–Crippen LogP) is 5.45. The highest BCUT2D eigenvalue weighted by atomic mass is 35.5. The van der Waals surface area contributed by atoms with Crippen LogP contribution in [0, 0.1) is 0 Å². The highest BCUT2D eigenvalue weighted by Crippen LogP contribution is 2.36. The van der Waals surface area contributed by atoms with Crippen LogP contribution in [0.5, 0.6) is 0 Å². The van der Waals surface area contributed by atoms with E-state index in [9.17, 15) is 9.18 Å². The summed E-state index contributed by atoms with van der Waals surface area (Å²) in [7, 11) is 0. The van der Waals surface area contributed by atoms with E-state index in [0.717, 1.165) is 22.4 Å². The Morgan fingerprint density at radius 1 is 1.00 bits per heavy atom. The number of halogens is 3. The molecule has 1 amide bonds. The fourth-order valence-electron chi connectivity index (χ4n) is 4.02. The van der Waals surface area contributed by atoms with E-state index in [2.05, 4.69) is 15.5 Å². The molecule has 1 aliphatic heterocycles. The van der Waals surface area contributed by atoms with E-state index in [1.807, 2.05) is 36.4 Å². The number of nitrogens with zero attached hydrogens (tertiary/aromatic N) is 4. The average molecular weight is 484 g/mol. The summed E-state index contributed by atoms with van der Waals surface area (Å²) in [4.78, 5) is 17.6. The maximum Gasteiger partial charge on any atom is 0.271 e. The number of hydrogen-bond acceptors (Lipinski definition) is 4. The Balaban J connectivity index is 1.60. The number of hydrogen-bond donors (Lipinski definition) is 1. The number of aromatic nitrogens is 3. The van der Waals surface area contributed by atoms with Gasteiger partial charge in [0.2, 0.25) is 0 Å². The normalized spacial score (nSPS) is 15.1. The van der Waals surface area contributed by atoms with Crippen molar-refractivity contribution in [3.05, 3.63) is 76.5 Å². The third-order valence-corrected chi connectivity index (χ3v) is 6.32. The third kappa shape index (κ3) is 4.31. The molecule has 1 fully saturated rings. The van der Waals surface area contributed by atoms with Crippen LogP contribution in [0.2, 0.25) is 10.0 Å². The van der Waals surface area contributed by atoms with E-state index in [0.29, 0.717) is 47.2 Å². The second-order valence-electron chi connectivity index (χ2n) is 7.90. The van der Waals surface area contributed by atoms with Crippen molar-refractivity contribution in [1.29, 1.82) is 0 Å². The first-order valence-corrected chi connectivity index (χ1v) is 11.3. The Morgan fingerprint density at radius 3 is 2.45 bits per heavy atom. The van der Waals surface area contributed by atoms with Gasteiger partial charge in [0.05, 0.1) is 11.9 Å². The van der Waals surface area contributed by atoms with Crippen LogP contribution < -0.4 is 5.43 Å². The maximum absolute atomic E-state index is 13.4. The quantitative estimate of drug-likeness (QED) is 0.419. The van der Waals surface area contributed by atoms with E-state index in [4.69, 9.17) is 23.2 Å². The van der Waals surface area contributed by atoms with Crippen molar-refractivity contribution >= 4 is 34.8 Å². The van der Waals surface area contributed by atoms with Gasteiger partial charge in [-0.3, -0.25) is 10.2 Å². The first-order chi connectivity index (χ1) is 16.0. The summed E-state index contributed by atoms with van der Waals surface area (Å²) in [5, 5.41) is 7.43. The highest BCUT2D eigenvalue weighted by molar-refractivity contribution is 6.33. The van der Waals surface area contributed by atoms with Crippen LogP contribution in [0.1, 0.15) is 23.2 Å². The first-order valence-electron chi connectivity index (χ1n) is 10.6. The number of fused-ring (bicyclic) bond motifs is 1. The van der Waals surface area contributed by atoms with Crippen molar-refractivity contribution in [2.45, 2.75) is 19.0 Å². The van der Waals surface area contributed by atoms with E-state index in [1.54, 1.807) is 27.9 Å². The van der Waals surface area contributed by atoms with Gasteiger partial charge in [-0.2, -0.15) is 5.10 Å². The van der Waals surface area contributed by atoms with Gasteiger partial charge in [-0.25, -0.2) is 18.9 Å². The van der Waals surface area contributed by atoms with Crippen LogP contribution in [-0.2, 0) is 0 Å². The number of piperidine rings is 1. The van der Waals surface area contributed by atoms with Crippen molar-refractivity contribution in [3.8, 4) is 22.4 Å². The summed E-state index contributed by atoms with van der Waals surface area (Å²) in [5.74, 6) is -0.331. The Kier molecular flexibility index (Phi) is 6.01. The van der Waals surface area contributed by atoms with E-state index in [1.165, 1.54) is 6.20 Å². The molecule has 0 aliphatic carbocycles. The van der Waals surface area contributed by atoms with E-state index < -0.39 is 6.17 Å². The molecule has 1 saturated heterocycles. The zero-order valence-electron chi connectivity index (χ0n) is 17.5. The topological polar surface area (TPSA) is 62.5 Å². The van der Waals surface area contributed by atoms with Crippen molar-refractivity contribution in [2.75, 3.05) is 13.1 Å². The number of amides is 1. The van der Waals surface area contributed by atoms with Crippen molar-refractivity contribution in [2.24, 2.45) is 0 Å². The van der Waals surface area contributed by atoms with Crippen LogP contribution >= 0.6 is 23.2 Å². The Bertz CT molecular complexity index is 1320. The lowest BCUT2D eigenvalue weighted by molar-refractivity contribution is 0.0664. The third-order valence-electron chi connectivity index (χ3n) is 5.74. The summed E-state index contributed by atoms with van der Waals surface area (Å²) < 4.78 is 15.1. The molecule has 9 heteroatoms. The molecule has 5 rings (SSSR count). The SMILES string of the molecule is O=C(NN1CCC(F)CC1)c1cnn2c(-c3ccc(Cl)cc3)c(-c3ccccc3Cl)cnc12. The summed E-state index contributed by atoms with van der Waals surface area (Å²) in [6.07, 6.45) is 3.18. The van der Waals surface area contributed by atoms with Gasteiger partial charge < -0.3 is 0 Å². The summed E-state index contributed by atoms with van der Waals surface area (Å²) in [5.41, 5.74) is 6.76. The molecule has 0 bridgehead atoms. The standard InChI is InChI=1S/C24H20Cl2FN5O/c25-16-7-5-15(6-8-16)22-19(18-3-1-2-4-21(18)26)13-28-23-20(14-29-32(22)23)24(33)30-31-11-9-17(27)10-12-31/h1-8,13-14,17H,9-12H2,(H,30,33). The van der Waals surface area contributed by atoms with Crippen LogP contribution in [0.25, 0.3) is 28.0 Å². The van der Waals surface area contributed by atoms with Gasteiger partial charge in [0.15, 0.2) is 5.65 Å². The number of carbonyl (C=O) groups excluding carboxylic acids is 1. The van der Waals surface area contributed by atoms with Crippen LogP contribution in [0.3, 0.4) is 0 Å². The molecular formula is C24H20Cl2FN5O. The Hall–Kier alpha value is -3.00. The Morgan fingerprint density at radius 2 is 1.73 bits per heavy atom. The van der Waals surface area contributed by atoms with Gasteiger partial charge in [-0.15, -0.1) is 0 Å². The number of carbonyl (C=O) groups is 1. The molecule has 4 aromatic rings. The lowest BCUT2D eigenvalue weighted by Crippen LogP contribution is -2.47. The second-order valence-corrected chi connectivity index (χ2v) is 8.75. The van der Waals surface area contributed by atoms with Gasteiger partial charge >= 0.3 is 0 Å². The fourth-order valence-corrected chi connectivity index (χ4v) is 4.38. The number of rotatable bonds is 4. The fraction of sp³-hybridized carbons (Fsp3) is 0.208. The number of nitrogens with one attached hydrogen (secondary N) is 1. The minimum atomic E-state index is -0.818. The minimum Gasteiger partial charge on any atom is -0.285 e. The second kappa shape index (κ2) is 9.09. The molecule has 1 N–H and O–H groups in total. The van der Waals surface area contributed by atoms with E-state index >= 15 is 0 Å². The van der Waals surface area contributed by atoms with Gasteiger partial charge in [0.1, 0.15) is 11.7 Å². The van der Waals surface area contributed by atoms with Gasteiger partial charge in [0, 0.05) is 46.0 Å². The molecule has 0 radical (unpaired) electrons. The number of alkyl halides is 1. The zero-order chi connectivity index (χ0) is 22.9. The summed E-state index contributed by atoms with van der Waals surface area (Å²) in [6, 6.07) is 14.9. The van der Waals surface area contributed by atoms with Crippen molar-refractivity contribution < 1.29 is 9.18 Å². The average Bonchev–Trinajstić information content (AvgIpc) is 3.25. The molecule has 2 aromatic heterocycles. The molecule has 0 saturated carbocycles. The molecule has 3 heterocycles. The number of benzene rings is 2. The van der Waals surface area contributed by atoms with Crippen LogP contribution in [0.4, 0.5) is 4.39 Å². The lowest BCUT2D eigenvalue weighted by atomic mass is 10.0. The van der Waals surface area contributed by atoms with Gasteiger partial charge in [-0.1, -0.05) is 53.5 Å². The molecule has 2 aromatic carbocycles. The Labute approximate surface area is 199 Å². The highest BCUT2D eigenvalue weighted by Gasteiger charge is 2.24. The molecule has 0 unspecified atom stereocenters. The summed E-state index contributed by atoms with van der Waals surface area (Å²) >= 11 is 12.6. The zero-order valence-corrected chi connectivity index (χ0v) is 19.0. The summed E-state index contributed by atoms with van der Waals surface area (Å²) in [6.45, 7) is 0.929. The first kappa shape index (κ1) is 21.8. The largest absolute Gasteiger partial charge is 0.285 e. The molecular weight excluding hydrogens is 464 g/mol. The minimum absolute atomic E-state index is 0.331. The van der Waals surface area contributed by atoms with Crippen molar-refractivity contribution in [1.82, 2.24) is 25.0 Å². The molecule has 1 aliphatic rings. The molecule has 0 spiro atoms. The van der Waals surface area contributed by atoms with Gasteiger partial charge in [0.25, 0.3) is 5.91 Å². The number of hydrazine groups is 1. The molecule has 33 heavy (non-hydrogen) atoms. The molecule has 168 valence electrons. The van der Waals surface area contributed by atoms with Crippen molar-refractivity contribution in [3.63, 3.8) is 0 Å². The smallest absolute Gasteiger partial charge is 0.271 e.